The maximum Gasteiger partial charge on any atom is 0.265 e. The predicted molar refractivity (Wildman–Crippen MR) is 107 cm³/mol. The van der Waals surface area contributed by atoms with Crippen LogP contribution in [0.25, 0.3) is 11.0 Å². The molecule has 0 aliphatic rings. The first kappa shape index (κ1) is 20.0. The molecule has 0 unspecified atom stereocenters. The lowest BCUT2D eigenvalue weighted by atomic mass is 10.1. The Morgan fingerprint density at radius 1 is 1.21 bits per heavy atom. The summed E-state index contributed by atoms with van der Waals surface area (Å²) in [6.07, 6.45) is 4.61. The summed E-state index contributed by atoms with van der Waals surface area (Å²) in [6, 6.07) is 6.37. The zero-order chi connectivity index (χ0) is 21.0. The van der Waals surface area contributed by atoms with Gasteiger partial charge in [0, 0.05) is 25.5 Å². The van der Waals surface area contributed by atoms with Crippen molar-refractivity contribution in [3.8, 4) is 11.5 Å². The maximum absolute atomic E-state index is 12.8. The van der Waals surface area contributed by atoms with E-state index in [0.29, 0.717) is 30.0 Å². The van der Waals surface area contributed by atoms with E-state index in [9.17, 15) is 14.4 Å². The largest absolute Gasteiger partial charge is 0.455 e. The molecule has 0 saturated heterocycles. The highest BCUT2D eigenvalue weighted by atomic mass is 16.5. The zero-order valence-electron chi connectivity index (χ0n) is 16.2. The molecule has 3 heterocycles. The van der Waals surface area contributed by atoms with Gasteiger partial charge in [-0.05, 0) is 38.1 Å². The first-order valence-corrected chi connectivity index (χ1v) is 9.14. The number of hydrogen-bond acceptors (Lipinski definition) is 6. The van der Waals surface area contributed by atoms with Gasteiger partial charge < -0.3 is 15.4 Å². The maximum atomic E-state index is 12.8. The number of primary amides is 1. The average molecular weight is 395 g/mol. The number of carbonyl (C=O) groups excluding carboxylic acids is 2. The summed E-state index contributed by atoms with van der Waals surface area (Å²) in [7, 11) is 0. The van der Waals surface area contributed by atoms with E-state index in [0.717, 1.165) is 4.57 Å². The van der Waals surface area contributed by atoms with Crippen molar-refractivity contribution in [2.75, 3.05) is 13.1 Å². The second-order valence-electron chi connectivity index (χ2n) is 6.22. The van der Waals surface area contributed by atoms with Crippen molar-refractivity contribution in [2.45, 2.75) is 20.4 Å². The Morgan fingerprint density at radius 2 is 1.97 bits per heavy atom. The van der Waals surface area contributed by atoms with Gasteiger partial charge in [-0.3, -0.25) is 23.9 Å². The lowest BCUT2D eigenvalue weighted by molar-refractivity contribution is -0.131. The Labute approximate surface area is 166 Å². The van der Waals surface area contributed by atoms with Crippen LogP contribution in [0.15, 0.2) is 47.7 Å². The molecular formula is C20H21N5O4. The van der Waals surface area contributed by atoms with Crippen LogP contribution in [-0.2, 0) is 11.3 Å². The smallest absolute Gasteiger partial charge is 0.265 e. The standard InChI is InChI=1S/C20H21N5O4/c1-3-24(4-2)17(26)12-25-19-14(10-15(18(21)27)20(25)28)16(7-9-23-19)29-13-6-5-8-22-11-13/h5-11H,3-4,12H2,1-2H3,(H2,21,27). The number of nitrogens with zero attached hydrogens (tertiary/aromatic N) is 4. The molecule has 0 spiro atoms. The molecule has 150 valence electrons. The summed E-state index contributed by atoms with van der Waals surface area (Å²) < 4.78 is 7.01. The number of hydrogen-bond donors (Lipinski definition) is 1. The quantitative estimate of drug-likeness (QED) is 0.648. The highest BCUT2D eigenvalue weighted by molar-refractivity contribution is 5.97. The summed E-state index contributed by atoms with van der Waals surface area (Å²) in [6.45, 7) is 4.43. The molecule has 0 fully saturated rings. The second-order valence-corrected chi connectivity index (χ2v) is 6.22. The lowest BCUT2D eigenvalue weighted by Gasteiger charge is -2.20. The number of amides is 2. The van der Waals surface area contributed by atoms with Crippen LogP contribution in [0.3, 0.4) is 0 Å². The van der Waals surface area contributed by atoms with Crippen molar-refractivity contribution in [1.29, 1.82) is 0 Å². The van der Waals surface area contributed by atoms with Gasteiger partial charge in [-0.1, -0.05) is 0 Å². The molecule has 0 atom stereocenters. The van der Waals surface area contributed by atoms with Gasteiger partial charge in [0.1, 0.15) is 29.3 Å². The molecule has 9 heteroatoms. The second kappa shape index (κ2) is 8.51. The van der Waals surface area contributed by atoms with Crippen LogP contribution in [0.4, 0.5) is 0 Å². The number of aromatic nitrogens is 3. The van der Waals surface area contributed by atoms with E-state index in [4.69, 9.17) is 10.5 Å². The van der Waals surface area contributed by atoms with Gasteiger partial charge in [0.05, 0.1) is 11.6 Å². The molecule has 9 nitrogen and oxygen atoms in total. The Hall–Kier alpha value is -3.75. The van der Waals surface area contributed by atoms with Crippen molar-refractivity contribution < 1.29 is 14.3 Å². The van der Waals surface area contributed by atoms with E-state index in [1.807, 2.05) is 13.8 Å². The van der Waals surface area contributed by atoms with Gasteiger partial charge in [0.25, 0.3) is 11.5 Å². The van der Waals surface area contributed by atoms with Crippen molar-refractivity contribution in [3.05, 3.63) is 58.8 Å². The molecule has 2 N–H and O–H groups in total. The summed E-state index contributed by atoms with van der Waals surface area (Å²) in [5, 5.41) is 0.386. The average Bonchev–Trinajstić information content (AvgIpc) is 2.71. The lowest BCUT2D eigenvalue weighted by Crippen LogP contribution is -2.38. The minimum atomic E-state index is -0.892. The van der Waals surface area contributed by atoms with Crippen LogP contribution >= 0.6 is 0 Å². The van der Waals surface area contributed by atoms with Gasteiger partial charge in [-0.15, -0.1) is 0 Å². The molecule has 3 aromatic rings. The third kappa shape index (κ3) is 4.08. The van der Waals surface area contributed by atoms with E-state index < -0.39 is 11.5 Å². The molecule has 3 rings (SSSR count). The number of ether oxygens (including phenoxy) is 1. The van der Waals surface area contributed by atoms with Crippen LogP contribution in [0.1, 0.15) is 24.2 Å². The van der Waals surface area contributed by atoms with Crippen molar-refractivity contribution >= 4 is 22.8 Å². The molecule has 3 aromatic heterocycles. The minimum absolute atomic E-state index is 0.224. The van der Waals surface area contributed by atoms with Gasteiger partial charge >= 0.3 is 0 Å². The van der Waals surface area contributed by atoms with Crippen molar-refractivity contribution in [1.82, 2.24) is 19.4 Å². The molecule has 0 aromatic carbocycles. The molecule has 0 aliphatic heterocycles. The Bertz CT molecular complexity index is 1110. The minimum Gasteiger partial charge on any atom is -0.455 e. The van der Waals surface area contributed by atoms with Gasteiger partial charge in [0.15, 0.2) is 0 Å². The fraction of sp³-hybridized carbons (Fsp3) is 0.250. The van der Waals surface area contributed by atoms with Crippen LogP contribution in [0.2, 0.25) is 0 Å². The third-order valence-electron chi connectivity index (χ3n) is 4.49. The number of rotatable bonds is 7. The number of fused-ring (bicyclic) bond motifs is 1. The third-order valence-corrected chi connectivity index (χ3v) is 4.49. The molecule has 29 heavy (non-hydrogen) atoms. The molecule has 0 radical (unpaired) electrons. The summed E-state index contributed by atoms with van der Waals surface area (Å²) in [5.74, 6) is -0.329. The highest BCUT2D eigenvalue weighted by Crippen LogP contribution is 2.28. The molecule has 0 aliphatic carbocycles. The van der Waals surface area contributed by atoms with E-state index in [2.05, 4.69) is 9.97 Å². The number of pyridine rings is 3. The Kier molecular flexibility index (Phi) is 5.87. The SMILES string of the molecule is CCN(CC)C(=O)Cn1c(=O)c(C(N)=O)cc2c(Oc3cccnc3)ccnc21. The molecule has 0 bridgehead atoms. The van der Waals surface area contributed by atoms with E-state index in [-0.39, 0.29) is 23.7 Å². The Morgan fingerprint density at radius 3 is 2.59 bits per heavy atom. The predicted octanol–water partition coefficient (Wildman–Crippen LogP) is 1.55. The van der Waals surface area contributed by atoms with E-state index in [1.165, 1.54) is 18.5 Å². The van der Waals surface area contributed by atoms with Crippen molar-refractivity contribution in [2.24, 2.45) is 5.73 Å². The fourth-order valence-electron chi connectivity index (χ4n) is 3.00. The first-order valence-electron chi connectivity index (χ1n) is 9.14. The van der Waals surface area contributed by atoms with Crippen LogP contribution < -0.4 is 16.0 Å². The number of likely N-dealkylation sites (N-methyl/N-ethyl adjacent to an activating group) is 1. The number of nitrogens with two attached hydrogens (primary N) is 1. The van der Waals surface area contributed by atoms with E-state index in [1.54, 1.807) is 29.3 Å². The molecule has 2 amide bonds. The highest BCUT2D eigenvalue weighted by Gasteiger charge is 2.20. The van der Waals surface area contributed by atoms with Gasteiger partial charge in [-0.2, -0.15) is 0 Å². The zero-order valence-corrected chi connectivity index (χ0v) is 16.2. The fourth-order valence-corrected chi connectivity index (χ4v) is 3.00. The molecular weight excluding hydrogens is 374 g/mol. The summed E-state index contributed by atoms with van der Waals surface area (Å²) >= 11 is 0. The van der Waals surface area contributed by atoms with Crippen molar-refractivity contribution in [3.63, 3.8) is 0 Å². The van der Waals surface area contributed by atoms with E-state index >= 15 is 0 Å². The summed E-state index contributed by atoms with van der Waals surface area (Å²) in [4.78, 5) is 47.1. The van der Waals surface area contributed by atoms with Gasteiger partial charge in [-0.25, -0.2) is 4.98 Å². The first-order chi connectivity index (χ1) is 14.0. The van der Waals surface area contributed by atoms with Gasteiger partial charge in [0.2, 0.25) is 5.91 Å². The van der Waals surface area contributed by atoms with Crippen LogP contribution in [-0.4, -0.2) is 44.3 Å². The molecule has 0 saturated carbocycles. The van der Waals surface area contributed by atoms with Crippen LogP contribution in [0, 0.1) is 0 Å². The summed E-state index contributed by atoms with van der Waals surface area (Å²) in [5.41, 5.74) is 4.71. The number of carbonyl (C=O) groups is 2. The normalized spacial score (nSPS) is 10.7. The topological polar surface area (TPSA) is 120 Å². The monoisotopic (exact) mass is 395 g/mol. The van der Waals surface area contributed by atoms with Crippen LogP contribution in [0.5, 0.6) is 11.5 Å². The Balaban J connectivity index is 2.18.